The first kappa shape index (κ1) is 13.5. The minimum Gasteiger partial charge on any atom is -0.256 e. The highest BCUT2D eigenvalue weighted by atomic mass is 31.1. The van der Waals surface area contributed by atoms with Gasteiger partial charge in [-0.3, -0.25) is 4.98 Å². The van der Waals surface area contributed by atoms with E-state index in [1.807, 2.05) is 6.20 Å². The number of rotatable bonds is 3. The maximum Gasteiger partial charge on any atom is 0.0645 e. The summed E-state index contributed by atoms with van der Waals surface area (Å²) in [6.07, 6.45) is 20.4. The molecular weight excluding hydrogens is 285 g/mol. The molecule has 0 aromatic carbocycles. The quantitative estimate of drug-likeness (QED) is 0.741. The Morgan fingerprint density at radius 1 is 0.909 bits per heavy atom. The number of hydrogen-bond donors (Lipinski definition) is 0. The molecule has 4 fully saturated rings. The molecule has 2 heteroatoms. The van der Waals surface area contributed by atoms with Gasteiger partial charge in [0.2, 0.25) is 0 Å². The normalized spacial score (nSPS) is 40.5. The Labute approximate surface area is 134 Å². The van der Waals surface area contributed by atoms with E-state index in [0.717, 1.165) is 17.8 Å². The fourth-order valence-electron chi connectivity index (χ4n) is 6.16. The third kappa shape index (κ3) is 2.05. The summed E-state index contributed by atoms with van der Waals surface area (Å²) in [5, 5.41) is 0.585. The summed E-state index contributed by atoms with van der Waals surface area (Å²) >= 11 is 0. The van der Waals surface area contributed by atoms with Gasteiger partial charge in [-0.25, -0.2) is 0 Å². The Hall–Kier alpha value is -0.940. The van der Waals surface area contributed by atoms with E-state index in [9.17, 15) is 0 Å². The Balaban J connectivity index is 1.59. The van der Waals surface area contributed by atoms with Crippen LogP contribution in [-0.4, -0.2) is 15.8 Å². The smallest absolute Gasteiger partial charge is 0.0645 e. The molecule has 1 nitrogen and oxygen atoms in total. The summed E-state index contributed by atoms with van der Waals surface area (Å²) < 4.78 is 0. The molecule has 0 radical (unpaired) electrons. The molecule has 1 aromatic heterocycles. The zero-order chi connectivity index (χ0) is 14.6. The van der Waals surface area contributed by atoms with Gasteiger partial charge in [-0.15, -0.1) is 0 Å². The summed E-state index contributed by atoms with van der Waals surface area (Å²) in [5.41, 5.74) is 2.03. The molecule has 6 rings (SSSR count). The SMILES string of the molecule is C1=CC(P(c2ccccn2)C23CC4CC(CC(C4)C2)C3)C=C1. The second kappa shape index (κ2) is 5.03. The van der Waals surface area contributed by atoms with E-state index >= 15 is 0 Å². The van der Waals surface area contributed by atoms with Crippen molar-refractivity contribution >= 4 is 13.4 Å². The summed E-state index contributed by atoms with van der Waals surface area (Å²) in [6, 6.07) is 6.57. The molecule has 0 saturated heterocycles. The molecule has 5 aliphatic rings. The van der Waals surface area contributed by atoms with Gasteiger partial charge in [0.25, 0.3) is 0 Å². The molecule has 1 unspecified atom stereocenters. The molecule has 22 heavy (non-hydrogen) atoms. The fraction of sp³-hybridized carbons (Fsp3) is 0.550. The highest BCUT2D eigenvalue weighted by Gasteiger charge is 2.55. The third-order valence-electron chi connectivity index (χ3n) is 6.44. The molecule has 0 amide bonds. The first-order valence-electron chi connectivity index (χ1n) is 8.88. The average molecular weight is 309 g/mol. The van der Waals surface area contributed by atoms with Crippen molar-refractivity contribution in [2.24, 2.45) is 17.8 Å². The van der Waals surface area contributed by atoms with Crippen LogP contribution in [0.2, 0.25) is 0 Å². The zero-order valence-corrected chi connectivity index (χ0v) is 14.0. The van der Waals surface area contributed by atoms with Crippen molar-refractivity contribution in [3.05, 3.63) is 48.7 Å². The van der Waals surface area contributed by atoms with Crippen LogP contribution in [0.3, 0.4) is 0 Å². The molecule has 4 saturated carbocycles. The Bertz CT molecular complexity index is 571. The van der Waals surface area contributed by atoms with Gasteiger partial charge >= 0.3 is 0 Å². The average Bonchev–Trinajstić information content (AvgIpc) is 3.00. The third-order valence-corrected chi connectivity index (χ3v) is 9.71. The van der Waals surface area contributed by atoms with Gasteiger partial charge in [0.1, 0.15) is 0 Å². The lowest BCUT2D eigenvalue weighted by molar-refractivity contribution is 0.0359. The maximum atomic E-state index is 4.84. The van der Waals surface area contributed by atoms with Crippen LogP contribution in [0.5, 0.6) is 0 Å². The minimum absolute atomic E-state index is 0.216. The van der Waals surface area contributed by atoms with Crippen molar-refractivity contribution in [1.29, 1.82) is 0 Å². The number of hydrogen-bond acceptors (Lipinski definition) is 1. The first-order chi connectivity index (χ1) is 10.8. The first-order valence-corrected chi connectivity index (χ1v) is 10.3. The number of pyridine rings is 1. The van der Waals surface area contributed by atoms with Gasteiger partial charge in [0, 0.05) is 11.9 Å². The van der Waals surface area contributed by atoms with Crippen LogP contribution in [0.15, 0.2) is 48.7 Å². The molecule has 0 aliphatic heterocycles. The van der Waals surface area contributed by atoms with Gasteiger partial charge in [0.15, 0.2) is 0 Å². The van der Waals surface area contributed by atoms with E-state index in [0.29, 0.717) is 10.8 Å². The summed E-state index contributed by atoms with van der Waals surface area (Å²) in [7, 11) is -0.216. The van der Waals surface area contributed by atoms with Crippen molar-refractivity contribution < 1.29 is 0 Å². The maximum absolute atomic E-state index is 4.84. The van der Waals surface area contributed by atoms with Crippen LogP contribution in [-0.2, 0) is 0 Å². The lowest BCUT2D eigenvalue weighted by Gasteiger charge is -2.60. The number of allylic oxidation sites excluding steroid dienone is 4. The second-order valence-corrected chi connectivity index (χ2v) is 10.7. The van der Waals surface area contributed by atoms with E-state index in [1.165, 1.54) is 44.0 Å². The van der Waals surface area contributed by atoms with Gasteiger partial charge in [-0.2, -0.15) is 0 Å². The van der Waals surface area contributed by atoms with Crippen LogP contribution in [0.4, 0.5) is 0 Å². The predicted molar refractivity (Wildman–Crippen MR) is 93.8 cm³/mol. The minimum atomic E-state index is -0.216. The summed E-state index contributed by atoms with van der Waals surface area (Å²) in [5.74, 6) is 3.07. The van der Waals surface area contributed by atoms with Crippen molar-refractivity contribution in [2.75, 3.05) is 0 Å². The molecule has 1 atom stereocenters. The Kier molecular flexibility index (Phi) is 3.09. The molecule has 0 N–H and O–H groups in total. The lowest BCUT2D eigenvalue weighted by Crippen LogP contribution is -2.51. The van der Waals surface area contributed by atoms with Gasteiger partial charge in [-0.1, -0.05) is 30.4 Å². The van der Waals surface area contributed by atoms with Crippen LogP contribution in [0.25, 0.3) is 0 Å². The standard InChI is InChI=1S/C20H24NP/c1-2-6-18(5-1)22(19-7-3-4-8-21-19)20-12-15-9-16(13-20)11-17(10-15)14-20/h1-8,15-18H,9-14H2. The van der Waals surface area contributed by atoms with Gasteiger partial charge < -0.3 is 0 Å². The monoisotopic (exact) mass is 309 g/mol. The number of nitrogens with zero attached hydrogens (tertiary/aromatic N) is 1. The van der Waals surface area contributed by atoms with Crippen molar-refractivity contribution in [3.8, 4) is 0 Å². The Morgan fingerprint density at radius 3 is 2.09 bits per heavy atom. The molecule has 4 bridgehead atoms. The summed E-state index contributed by atoms with van der Waals surface area (Å²) in [4.78, 5) is 4.84. The highest BCUT2D eigenvalue weighted by molar-refractivity contribution is 7.68. The van der Waals surface area contributed by atoms with Gasteiger partial charge in [-0.05, 0) is 81.5 Å². The molecular formula is C20H24NP. The molecule has 1 heterocycles. The van der Waals surface area contributed by atoms with E-state index in [2.05, 4.69) is 42.5 Å². The van der Waals surface area contributed by atoms with Crippen LogP contribution in [0.1, 0.15) is 38.5 Å². The summed E-state index contributed by atoms with van der Waals surface area (Å²) in [6.45, 7) is 0. The second-order valence-electron chi connectivity index (χ2n) is 7.96. The molecule has 114 valence electrons. The number of aromatic nitrogens is 1. The van der Waals surface area contributed by atoms with E-state index in [1.54, 1.807) is 0 Å². The van der Waals surface area contributed by atoms with E-state index in [4.69, 9.17) is 4.98 Å². The van der Waals surface area contributed by atoms with Crippen molar-refractivity contribution in [1.82, 2.24) is 4.98 Å². The highest BCUT2D eigenvalue weighted by Crippen LogP contribution is 2.70. The van der Waals surface area contributed by atoms with Crippen LogP contribution >= 0.6 is 7.92 Å². The topological polar surface area (TPSA) is 12.9 Å². The largest absolute Gasteiger partial charge is 0.256 e. The fourth-order valence-corrected chi connectivity index (χ4v) is 9.93. The lowest BCUT2D eigenvalue weighted by atomic mass is 9.56. The van der Waals surface area contributed by atoms with E-state index in [-0.39, 0.29) is 7.92 Å². The van der Waals surface area contributed by atoms with Crippen molar-refractivity contribution in [2.45, 2.75) is 49.3 Å². The van der Waals surface area contributed by atoms with Crippen LogP contribution < -0.4 is 5.44 Å². The predicted octanol–water partition coefficient (Wildman–Crippen LogP) is 4.65. The van der Waals surface area contributed by atoms with E-state index < -0.39 is 0 Å². The molecule has 1 aromatic rings. The Morgan fingerprint density at radius 2 is 1.55 bits per heavy atom. The molecule has 5 aliphatic carbocycles. The molecule has 0 spiro atoms. The van der Waals surface area contributed by atoms with Crippen molar-refractivity contribution in [3.63, 3.8) is 0 Å². The van der Waals surface area contributed by atoms with Crippen LogP contribution in [0, 0.1) is 17.8 Å². The zero-order valence-electron chi connectivity index (χ0n) is 13.1. The van der Waals surface area contributed by atoms with Gasteiger partial charge in [0.05, 0.1) is 5.44 Å².